The fourth-order valence-corrected chi connectivity index (χ4v) is 6.14. The van der Waals surface area contributed by atoms with Crippen LogP contribution in [0.4, 0.5) is 0 Å². The molecule has 0 aromatic heterocycles. The summed E-state index contributed by atoms with van der Waals surface area (Å²) >= 11 is 0. The van der Waals surface area contributed by atoms with Gasteiger partial charge in [-0.15, -0.1) is 0 Å². The summed E-state index contributed by atoms with van der Waals surface area (Å²) in [5.41, 5.74) is 12.1. The van der Waals surface area contributed by atoms with Crippen LogP contribution in [0, 0.1) is 24.2 Å². The maximum atomic E-state index is 6.26. The predicted octanol–water partition coefficient (Wildman–Crippen LogP) is 6.05. The highest BCUT2D eigenvalue weighted by atomic mass is 16.5. The van der Waals surface area contributed by atoms with Crippen LogP contribution in [0.25, 0.3) is 5.57 Å². The van der Waals surface area contributed by atoms with Crippen molar-refractivity contribution in [3.63, 3.8) is 0 Å². The Morgan fingerprint density at radius 1 is 1.15 bits per heavy atom. The molecule has 148 valence electrons. The summed E-state index contributed by atoms with van der Waals surface area (Å²) in [6.45, 7) is 9.74. The molecule has 1 aromatic rings. The average Bonchev–Trinajstić information content (AvgIpc) is 2.91. The molecule has 0 heterocycles. The molecule has 2 fully saturated rings. The smallest absolute Gasteiger partial charge is 0.122 e. The van der Waals surface area contributed by atoms with Crippen molar-refractivity contribution in [3.8, 4) is 5.75 Å². The Morgan fingerprint density at radius 2 is 1.93 bits per heavy atom. The van der Waals surface area contributed by atoms with Gasteiger partial charge in [-0.2, -0.15) is 0 Å². The molecule has 1 spiro atoms. The summed E-state index contributed by atoms with van der Waals surface area (Å²) in [5, 5.41) is 0. The van der Waals surface area contributed by atoms with E-state index >= 15 is 0 Å². The normalized spacial score (nSPS) is 33.3. The number of rotatable bonds is 4. The molecule has 2 heteroatoms. The molecular formula is C25H37NO. The number of nitrogens with two attached hydrogens (primary N) is 1. The largest absolute Gasteiger partial charge is 0.493 e. The molecule has 2 nitrogen and oxygen atoms in total. The second kappa shape index (κ2) is 7.62. The minimum absolute atomic E-state index is 0.311. The second-order valence-corrected chi connectivity index (χ2v) is 9.58. The lowest BCUT2D eigenvalue weighted by Crippen LogP contribution is -2.35. The van der Waals surface area contributed by atoms with E-state index in [0.29, 0.717) is 11.5 Å². The van der Waals surface area contributed by atoms with Gasteiger partial charge in [-0.3, -0.25) is 0 Å². The first-order valence-electron chi connectivity index (χ1n) is 11.2. The summed E-state index contributed by atoms with van der Waals surface area (Å²) in [6.07, 6.45) is 12.8. The van der Waals surface area contributed by atoms with Gasteiger partial charge < -0.3 is 10.5 Å². The molecule has 3 aliphatic carbocycles. The quantitative estimate of drug-likeness (QED) is 0.703. The summed E-state index contributed by atoms with van der Waals surface area (Å²) < 4.78 is 5.99. The van der Waals surface area contributed by atoms with E-state index in [4.69, 9.17) is 10.5 Å². The first kappa shape index (κ1) is 19.1. The molecule has 2 saturated carbocycles. The number of hydrogen-bond donors (Lipinski definition) is 1. The standard InChI is InChI=1S/C25H37NO/c1-4-12-27-24-15-23-18(3)25(16-21(23)13-17(24)2)10-8-19(9-11-25)20-6-5-7-22(26)14-20/h13,15,19-20,22H,3-12,14,16,26H2,1-2H3. The summed E-state index contributed by atoms with van der Waals surface area (Å²) in [5.74, 6) is 2.82. The molecule has 1 aromatic carbocycles. The summed E-state index contributed by atoms with van der Waals surface area (Å²) in [7, 11) is 0. The lowest BCUT2D eigenvalue weighted by Gasteiger charge is -2.42. The molecule has 2 N–H and O–H groups in total. The fraction of sp³-hybridized carbons (Fsp3) is 0.680. The monoisotopic (exact) mass is 367 g/mol. The van der Waals surface area contributed by atoms with Gasteiger partial charge in [0, 0.05) is 6.04 Å². The van der Waals surface area contributed by atoms with Crippen LogP contribution in [0.3, 0.4) is 0 Å². The molecule has 27 heavy (non-hydrogen) atoms. The van der Waals surface area contributed by atoms with Crippen LogP contribution in [-0.2, 0) is 6.42 Å². The van der Waals surface area contributed by atoms with Gasteiger partial charge in [-0.1, -0.05) is 32.4 Å². The van der Waals surface area contributed by atoms with Crippen molar-refractivity contribution in [1.29, 1.82) is 0 Å². The van der Waals surface area contributed by atoms with Gasteiger partial charge >= 0.3 is 0 Å². The van der Waals surface area contributed by atoms with Crippen molar-refractivity contribution in [3.05, 3.63) is 35.4 Å². The zero-order valence-corrected chi connectivity index (χ0v) is 17.4. The van der Waals surface area contributed by atoms with E-state index in [1.807, 2.05) is 0 Å². The third kappa shape index (κ3) is 3.58. The van der Waals surface area contributed by atoms with Crippen LogP contribution < -0.4 is 10.5 Å². The highest BCUT2D eigenvalue weighted by Crippen LogP contribution is 2.57. The number of fused-ring (bicyclic) bond motifs is 1. The third-order valence-electron chi connectivity index (χ3n) is 7.77. The lowest BCUT2D eigenvalue weighted by atomic mass is 9.62. The van der Waals surface area contributed by atoms with Gasteiger partial charge in [0.2, 0.25) is 0 Å². The lowest BCUT2D eigenvalue weighted by molar-refractivity contribution is 0.135. The summed E-state index contributed by atoms with van der Waals surface area (Å²) in [6, 6.07) is 5.10. The molecule has 0 radical (unpaired) electrons. The Labute approximate surface area is 165 Å². The molecular weight excluding hydrogens is 330 g/mol. The SMILES string of the molecule is C=C1c2cc(OCCC)c(C)cc2CC12CCC(C1CCCC(N)C1)CC2. The van der Waals surface area contributed by atoms with Crippen LogP contribution in [-0.4, -0.2) is 12.6 Å². The van der Waals surface area contributed by atoms with Crippen LogP contribution in [0.2, 0.25) is 0 Å². The zero-order valence-electron chi connectivity index (χ0n) is 17.4. The van der Waals surface area contributed by atoms with Crippen LogP contribution >= 0.6 is 0 Å². The number of hydrogen-bond acceptors (Lipinski definition) is 2. The Balaban J connectivity index is 1.46. The molecule has 0 bridgehead atoms. The van der Waals surface area contributed by atoms with Crippen molar-refractivity contribution in [1.82, 2.24) is 0 Å². The van der Waals surface area contributed by atoms with E-state index in [1.165, 1.54) is 80.1 Å². The minimum Gasteiger partial charge on any atom is -0.493 e. The molecule has 0 saturated heterocycles. The number of aryl methyl sites for hydroxylation is 1. The van der Waals surface area contributed by atoms with E-state index in [9.17, 15) is 0 Å². The maximum absolute atomic E-state index is 6.26. The zero-order chi connectivity index (χ0) is 19.0. The molecule has 2 unspecified atom stereocenters. The van der Waals surface area contributed by atoms with Gasteiger partial charge in [-0.25, -0.2) is 0 Å². The third-order valence-corrected chi connectivity index (χ3v) is 7.77. The highest BCUT2D eigenvalue weighted by molar-refractivity contribution is 5.77. The van der Waals surface area contributed by atoms with Crippen LogP contribution in [0.1, 0.15) is 81.4 Å². The molecule has 3 aliphatic rings. The van der Waals surface area contributed by atoms with Gasteiger partial charge in [-0.05, 0) is 104 Å². The van der Waals surface area contributed by atoms with Gasteiger partial charge in [0.15, 0.2) is 0 Å². The van der Waals surface area contributed by atoms with Gasteiger partial charge in [0.05, 0.1) is 6.61 Å². The van der Waals surface area contributed by atoms with Crippen molar-refractivity contribution in [2.75, 3.05) is 6.61 Å². The van der Waals surface area contributed by atoms with Crippen molar-refractivity contribution >= 4 is 5.57 Å². The maximum Gasteiger partial charge on any atom is 0.122 e. The van der Waals surface area contributed by atoms with Crippen LogP contribution in [0.5, 0.6) is 5.75 Å². The number of ether oxygens (including phenoxy) is 1. The van der Waals surface area contributed by atoms with E-state index in [-0.39, 0.29) is 0 Å². The van der Waals surface area contributed by atoms with Crippen molar-refractivity contribution in [2.24, 2.45) is 23.0 Å². The number of allylic oxidation sites excluding steroid dienone is 1. The average molecular weight is 368 g/mol. The molecule has 2 atom stereocenters. The van der Waals surface area contributed by atoms with Gasteiger partial charge in [0.1, 0.15) is 5.75 Å². The van der Waals surface area contributed by atoms with E-state index < -0.39 is 0 Å². The summed E-state index contributed by atoms with van der Waals surface area (Å²) in [4.78, 5) is 0. The highest BCUT2D eigenvalue weighted by Gasteiger charge is 2.44. The van der Waals surface area contributed by atoms with Crippen molar-refractivity contribution in [2.45, 2.75) is 84.1 Å². The second-order valence-electron chi connectivity index (χ2n) is 9.58. The predicted molar refractivity (Wildman–Crippen MR) is 114 cm³/mol. The Kier molecular flexibility index (Phi) is 5.38. The molecule has 4 rings (SSSR count). The van der Waals surface area contributed by atoms with E-state index in [2.05, 4.69) is 32.6 Å². The molecule has 0 amide bonds. The first-order valence-corrected chi connectivity index (χ1v) is 11.2. The minimum atomic E-state index is 0.311. The van der Waals surface area contributed by atoms with E-state index in [1.54, 1.807) is 0 Å². The van der Waals surface area contributed by atoms with Gasteiger partial charge in [0.25, 0.3) is 0 Å². The molecule has 0 aliphatic heterocycles. The van der Waals surface area contributed by atoms with Crippen LogP contribution in [0.15, 0.2) is 18.7 Å². The fourth-order valence-electron chi connectivity index (χ4n) is 6.14. The first-order chi connectivity index (χ1) is 13.0. The van der Waals surface area contributed by atoms with E-state index in [0.717, 1.165) is 30.6 Å². The number of benzene rings is 1. The topological polar surface area (TPSA) is 35.2 Å². The Bertz CT molecular complexity index is 699. The van der Waals surface area contributed by atoms with Crippen molar-refractivity contribution < 1.29 is 4.74 Å². The Hall–Kier alpha value is -1.28. The Morgan fingerprint density at radius 3 is 2.63 bits per heavy atom.